The second kappa shape index (κ2) is 11.0. The van der Waals surface area contributed by atoms with Crippen LogP contribution in [-0.2, 0) is 11.3 Å². The number of piperazine rings is 1. The molecule has 1 amide bonds. The fourth-order valence-corrected chi connectivity index (χ4v) is 4.44. The van der Waals surface area contributed by atoms with Gasteiger partial charge in [0.1, 0.15) is 22.9 Å². The molecule has 0 radical (unpaired) electrons. The number of nitrogens with one attached hydrogen (secondary N) is 1. The lowest BCUT2D eigenvalue weighted by Gasteiger charge is -2.37. The van der Waals surface area contributed by atoms with E-state index in [-0.39, 0.29) is 5.91 Å². The molecule has 2 heterocycles. The van der Waals surface area contributed by atoms with Crippen molar-refractivity contribution in [2.24, 2.45) is 0 Å². The van der Waals surface area contributed by atoms with Gasteiger partial charge < -0.3 is 19.9 Å². The number of amides is 1. The molecule has 1 fully saturated rings. The number of aryl methyl sites for hydroxylation is 1. The first-order chi connectivity index (χ1) is 16.1. The van der Waals surface area contributed by atoms with Crippen LogP contribution in [0.3, 0.4) is 0 Å². The van der Waals surface area contributed by atoms with E-state index in [1.165, 1.54) is 17.3 Å². The van der Waals surface area contributed by atoms with E-state index in [0.29, 0.717) is 12.3 Å². The lowest BCUT2D eigenvalue weighted by atomic mass is 10.1. The summed E-state index contributed by atoms with van der Waals surface area (Å²) in [6.45, 7) is 6.06. The maximum atomic E-state index is 12.3. The summed E-state index contributed by atoms with van der Waals surface area (Å²) in [5, 5.41) is 3.77. The number of thioether (sulfide) groups is 1. The molecule has 0 bridgehead atoms. The number of carbonyl (C=O) groups is 1. The van der Waals surface area contributed by atoms with Crippen LogP contribution in [0.5, 0.6) is 5.75 Å². The molecule has 1 aromatic heterocycles. The molecule has 1 N–H and O–H groups in total. The quantitative estimate of drug-likeness (QED) is 0.405. The van der Waals surface area contributed by atoms with E-state index >= 15 is 0 Å². The van der Waals surface area contributed by atoms with Crippen LogP contribution in [0.25, 0.3) is 0 Å². The fourth-order valence-electron chi connectivity index (χ4n) is 3.75. The first-order valence-corrected chi connectivity index (χ1v) is 12.0. The van der Waals surface area contributed by atoms with E-state index in [1.807, 2.05) is 36.4 Å². The molecule has 2 aromatic carbocycles. The molecule has 0 saturated carbocycles. The van der Waals surface area contributed by atoms with Crippen molar-refractivity contribution in [2.75, 3.05) is 48.8 Å². The number of hydrogen-bond donors (Lipinski definition) is 1. The SMILES string of the molecule is COc1ccccc1N1CCN(c2cc(SCC(=O)NCc3ccc(C)cc3)ncn2)CC1. The Labute approximate surface area is 199 Å². The van der Waals surface area contributed by atoms with Crippen molar-refractivity contribution in [1.29, 1.82) is 0 Å². The number of ether oxygens (including phenoxy) is 1. The van der Waals surface area contributed by atoms with Crippen molar-refractivity contribution in [3.8, 4) is 5.75 Å². The molecule has 1 saturated heterocycles. The van der Waals surface area contributed by atoms with Gasteiger partial charge in [-0.05, 0) is 24.6 Å². The molecule has 7 nitrogen and oxygen atoms in total. The molecular weight excluding hydrogens is 434 g/mol. The number of benzene rings is 2. The number of anilines is 2. The lowest BCUT2D eigenvalue weighted by molar-refractivity contribution is -0.118. The zero-order valence-electron chi connectivity index (χ0n) is 19.0. The molecule has 0 unspecified atom stereocenters. The van der Waals surface area contributed by atoms with Gasteiger partial charge in [-0.1, -0.05) is 53.7 Å². The molecule has 1 aliphatic heterocycles. The van der Waals surface area contributed by atoms with Crippen LogP contribution in [0.1, 0.15) is 11.1 Å². The molecule has 8 heteroatoms. The minimum absolute atomic E-state index is 0.00819. The maximum absolute atomic E-state index is 12.3. The predicted molar refractivity (Wildman–Crippen MR) is 133 cm³/mol. The third-order valence-corrected chi connectivity index (χ3v) is 6.54. The van der Waals surface area contributed by atoms with Gasteiger partial charge in [0.2, 0.25) is 5.91 Å². The van der Waals surface area contributed by atoms with Crippen molar-refractivity contribution in [1.82, 2.24) is 15.3 Å². The van der Waals surface area contributed by atoms with Gasteiger partial charge in [-0.3, -0.25) is 4.79 Å². The van der Waals surface area contributed by atoms with Crippen LogP contribution in [0.4, 0.5) is 11.5 Å². The standard InChI is InChI=1S/C25H29N5O2S/c1-19-7-9-20(10-8-19)16-26-24(31)17-33-25-15-23(27-18-28-25)30-13-11-29(12-14-30)21-5-3-4-6-22(21)32-2/h3-10,15,18H,11-14,16-17H2,1-2H3,(H,26,31). The third kappa shape index (κ3) is 6.16. The average molecular weight is 464 g/mol. The zero-order chi connectivity index (χ0) is 23.0. The highest BCUT2D eigenvalue weighted by Crippen LogP contribution is 2.29. The van der Waals surface area contributed by atoms with Crippen LogP contribution in [0.2, 0.25) is 0 Å². The highest BCUT2D eigenvalue weighted by Gasteiger charge is 2.21. The minimum Gasteiger partial charge on any atom is -0.495 e. The molecular formula is C25H29N5O2S. The summed E-state index contributed by atoms with van der Waals surface area (Å²) in [6.07, 6.45) is 1.58. The topological polar surface area (TPSA) is 70.6 Å². The third-order valence-electron chi connectivity index (χ3n) is 5.62. The van der Waals surface area contributed by atoms with E-state index in [9.17, 15) is 4.79 Å². The van der Waals surface area contributed by atoms with Crippen LogP contribution >= 0.6 is 11.8 Å². The fraction of sp³-hybridized carbons (Fsp3) is 0.320. The first kappa shape index (κ1) is 22.9. The summed E-state index contributed by atoms with van der Waals surface area (Å²) in [4.78, 5) is 25.7. The Kier molecular flexibility index (Phi) is 7.67. The second-order valence-corrected chi connectivity index (χ2v) is 8.91. The van der Waals surface area contributed by atoms with Gasteiger partial charge in [-0.2, -0.15) is 0 Å². The average Bonchev–Trinajstić information content (AvgIpc) is 2.87. The Balaban J connectivity index is 1.27. The van der Waals surface area contributed by atoms with Crippen LogP contribution in [0, 0.1) is 6.92 Å². The van der Waals surface area contributed by atoms with E-state index in [2.05, 4.69) is 50.2 Å². The Morgan fingerprint density at radius 3 is 2.52 bits per heavy atom. The van der Waals surface area contributed by atoms with E-state index in [4.69, 9.17) is 4.74 Å². The first-order valence-electron chi connectivity index (χ1n) is 11.0. The van der Waals surface area contributed by atoms with Gasteiger partial charge >= 0.3 is 0 Å². The largest absolute Gasteiger partial charge is 0.495 e. The minimum atomic E-state index is -0.00819. The number of methoxy groups -OCH3 is 1. The summed E-state index contributed by atoms with van der Waals surface area (Å²) in [5.74, 6) is 2.11. The lowest BCUT2D eigenvalue weighted by Crippen LogP contribution is -2.47. The van der Waals surface area contributed by atoms with Gasteiger partial charge in [-0.25, -0.2) is 9.97 Å². The summed E-state index contributed by atoms with van der Waals surface area (Å²) in [5.41, 5.74) is 3.42. The second-order valence-electron chi connectivity index (χ2n) is 7.91. The number of rotatable bonds is 8. The van der Waals surface area contributed by atoms with Crippen molar-refractivity contribution < 1.29 is 9.53 Å². The molecule has 1 aliphatic rings. The van der Waals surface area contributed by atoms with E-state index in [1.54, 1.807) is 13.4 Å². The van der Waals surface area contributed by atoms with Crippen molar-refractivity contribution in [3.63, 3.8) is 0 Å². The Morgan fingerprint density at radius 2 is 1.76 bits per heavy atom. The summed E-state index contributed by atoms with van der Waals surface area (Å²) < 4.78 is 5.51. The summed E-state index contributed by atoms with van der Waals surface area (Å²) >= 11 is 1.43. The van der Waals surface area contributed by atoms with Crippen LogP contribution < -0.4 is 19.9 Å². The molecule has 172 valence electrons. The number of aromatic nitrogens is 2. The predicted octanol–water partition coefficient (Wildman–Crippen LogP) is 3.53. The number of hydrogen-bond acceptors (Lipinski definition) is 7. The number of para-hydroxylation sites is 2. The van der Waals surface area contributed by atoms with Gasteiger partial charge in [0.25, 0.3) is 0 Å². The maximum Gasteiger partial charge on any atom is 0.230 e. The monoisotopic (exact) mass is 463 g/mol. The van der Waals surface area contributed by atoms with Crippen LogP contribution in [-0.4, -0.2) is 54.9 Å². The highest BCUT2D eigenvalue weighted by atomic mass is 32.2. The van der Waals surface area contributed by atoms with E-state index in [0.717, 1.165) is 54.0 Å². The highest BCUT2D eigenvalue weighted by molar-refractivity contribution is 7.99. The smallest absolute Gasteiger partial charge is 0.230 e. The van der Waals surface area contributed by atoms with Gasteiger partial charge in [0.15, 0.2) is 0 Å². The number of nitrogens with zero attached hydrogens (tertiary/aromatic N) is 4. The Hall–Kier alpha value is -3.26. The Morgan fingerprint density at radius 1 is 1.03 bits per heavy atom. The molecule has 0 atom stereocenters. The normalized spacial score (nSPS) is 13.6. The van der Waals surface area contributed by atoms with Crippen molar-refractivity contribution in [2.45, 2.75) is 18.5 Å². The van der Waals surface area contributed by atoms with Gasteiger partial charge in [0, 0.05) is 38.8 Å². The zero-order valence-corrected chi connectivity index (χ0v) is 19.8. The Bertz CT molecular complexity index is 1070. The summed E-state index contributed by atoms with van der Waals surface area (Å²) in [7, 11) is 1.71. The molecule has 0 aliphatic carbocycles. The molecule has 4 rings (SSSR count). The van der Waals surface area contributed by atoms with Crippen molar-refractivity contribution in [3.05, 3.63) is 72.1 Å². The van der Waals surface area contributed by atoms with Crippen molar-refractivity contribution >= 4 is 29.2 Å². The van der Waals surface area contributed by atoms with E-state index < -0.39 is 0 Å². The van der Waals surface area contributed by atoms with Crippen LogP contribution in [0.15, 0.2) is 66.0 Å². The van der Waals surface area contributed by atoms with Gasteiger partial charge in [-0.15, -0.1) is 0 Å². The number of carbonyl (C=O) groups excluding carboxylic acids is 1. The summed E-state index contributed by atoms with van der Waals surface area (Å²) in [6, 6.07) is 18.3. The molecule has 3 aromatic rings. The van der Waals surface area contributed by atoms with Gasteiger partial charge in [0.05, 0.1) is 18.6 Å². The molecule has 0 spiro atoms. The molecule has 33 heavy (non-hydrogen) atoms.